The van der Waals surface area contributed by atoms with Crippen molar-refractivity contribution in [1.82, 2.24) is 8.87 Å². The maximum absolute atomic E-state index is 12.8. The van der Waals surface area contributed by atoms with Crippen LogP contribution in [0.2, 0.25) is 10.0 Å². The molecule has 1 aromatic heterocycles. The molecule has 3 rings (SSSR count). The molecule has 0 radical (unpaired) electrons. The van der Waals surface area contributed by atoms with E-state index in [-0.39, 0.29) is 35.5 Å². The Bertz CT molecular complexity index is 1040. The fraction of sp³-hybridized carbons (Fsp3) is 0.333. The topological polar surface area (TPSA) is 114 Å². The Morgan fingerprint density at radius 2 is 1.69 bits per heavy atom. The number of hydrogen-bond donors (Lipinski definition) is 2. The van der Waals surface area contributed by atoms with Gasteiger partial charge in [0.1, 0.15) is 10.6 Å². The lowest BCUT2D eigenvalue weighted by Gasteiger charge is -2.30. The van der Waals surface area contributed by atoms with E-state index in [1.165, 1.54) is 21.1 Å². The molecule has 0 spiro atoms. The maximum Gasteiger partial charge on any atom is 0.265 e. The number of halogens is 2. The summed E-state index contributed by atoms with van der Waals surface area (Å²) >= 11 is 11.9. The Morgan fingerprint density at radius 3 is 2.21 bits per heavy atom. The first kappa shape index (κ1) is 21.6. The molecule has 1 aromatic carbocycles. The average Bonchev–Trinajstić information content (AvgIpc) is 3.04. The predicted octanol–water partition coefficient (Wildman–Crippen LogP) is 2.47. The molecule has 1 fully saturated rings. The summed E-state index contributed by atoms with van der Waals surface area (Å²) < 4.78 is 28.4. The van der Waals surface area contributed by atoms with Crippen LogP contribution in [0.25, 0.3) is 0 Å². The second kappa shape index (κ2) is 8.35. The summed E-state index contributed by atoms with van der Waals surface area (Å²) in [6.45, 7) is 0.384. The summed E-state index contributed by atoms with van der Waals surface area (Å²) in [5, 5.41) is 3.59. The third-order valence-electron chi connectivity index (χ3n) is 4.82. The van der Waals surface area contributed by atoms with Crippen LogP contribution in [0.1, 0.15) is 23.3 Å². The van der Waals surface area contributed by atoms with E-state index < -0.39 is 15.9 Å². The molecule has 0 atom stereocenters. The highest BCUT2D eigenvalue weighted by atomic mass is 35.5. The SMILES string of the molecule is Cn1cc(S(=O)(=O)N2CCC(C(=O)Nc3cc(Cl)cc(Cl)c3)CC2)cc1C(N)=O. The van der Waals surface area contributed by atoms with Crippen LogP contribution >= 0.6 is 23.2 Å². The van der Waals surface area contributed by atoms with E-state index >= 15 is 0 Å². The highest BCUT2D eigenvalue weighted by molar-refractivity contribution is 7.89. The van der Waals surface area contributed by atoms with Gasteiger partial charge in [-0.25, -0.2) is 8.42 Å². The molecule has 29 heavy (non-hydrogen) atoms. The number of nitrogens with zero attached hydrogens (tertiary/aromatic N) is 2. The highest BCUT2D eigenvalue weighted by Gasteiger charge is 2.33. The number of sulfonamides is 1. The monoisotopic (exact) mass is 458 g/mol. The van der Waals surface area contributed by atoms with Gasteiger partial charge in [0.2, 0.25) is 15.9 Å². The summed E-state index contributed by atoms with van der Waals surface area (Å²) in [5.74, 6) is -1.25. The van der Waals surface area contributed by atoms with Gasteiger partial charge in [-0.05, 0) is 37.1 Å². The quantitative estimate of drug-likeness (QED) is 0.715. The summed E-state index contributed by atoms with van der Waals surface area (Å²) in [4.78, 5) is 23.9. The lowest BCUT2D eigenvalue weighted by atomic mass is 9.97. The Balaban J connectivity index is 1.65. The number of amides is 2. The van der Waals surface area contributed by atoms with Crippen LogP contribution in [0.5, 0.6) is 0 Å². The van der Waals surface area contributed by atoms with Gasteiger partial charge in [-0.15, -0.1) is 0 Å². The first-order chi connectivity index (χ1) is 13.6. The molecule has 1 aliphatic rings. The molecule has 0 bridgehead atoms. The molecular weight excluding hydrogens is 439 g/mol. The average molecular weight is 459 g/mol. The van der Waals surface area contributed by atoms with Gasteiger partial charge in [0.05, 0.1) is 0 Å². The number of anilines is 1. The zero-order valence-electron chi connectivity index (χ0n) is 15.6. The zero-order valence-corrected chi connectivity index (χ0v) is 17.9. The van der Waals surface area contributed by atoms with Crippen LogP contribution < -0.4 is 11.1 Å². The van der Waals surface area contributed by atoms with Crippen LogP contribution in [0, 0.1) is 5.92 Å². The minimum atomic E-state index is -3.78. The number of nitrogens with one attached hydrogen (secondary N) is 1. The van der Waals surface area contributed by atoms with Gasteiger partial charge in [-0.1, -0.05) is 23.2 Å². The molecule has 2 amide bonds. The molecule has 0 aliphatic carbocycles. The molecule has 1 saturated heterocycles. The lowest BCUT2D eigenvalue weighted by molar-refractivity contribution is -0.120. The van der Waals surface area contributed by atoms with E-state index in [2.05, 4.69) is 5.32 Å². The van der Waals surface area contributed by atoms with Gasteiger partial charge in [0, 0.05) is 48.0 Å². The number of benzene rings is 1. The molecule has 2 heterocycles. The molecule has 156 valence electrons. The number of nitrogens with two attached hydrogens (primary N) is 1. The summed E-state index contributed by atoms with van der Waals surface area (Å²) in [6.07, 6.45) is 2.10. The third kappa shape index (κ3) is 4.75. The van der Waals surface area contributed by atoms with Gasteiger partial charge < -0.3 is 15.6 Å². The Labute approximate surface area is 178 Å². The number of piperidine rings is 1. The molecule has 0 unspecified atom stereocenters. The first-order valence-corrected chi connectivity index (χ1v) is 11.0. The molecule has 11 heteroatoms. The van der Waals surface area contributed by atoms with Crippen molar-refractivity contribution in [3.63, 3.8) is 0 Å². The number of aromatic nitrogens is 1. The van der Waals surface area contributed by atoms with Crippen molar-refractivity contribution in [3.8, 4) is 0 Å². The summed E-state index contributed by atoms with van der Waals surface area (Å²) in [5.41, 5.74) is 5.85. The smallest absolute Gasteiger partial charge is 0.265 e. The number of rotatable bonds is 5. The van der Waals surface area contributed by atoms with E-state index in [4.69, 9.17) is 28.9 Å². The molecule has 1 aliphatic heterocycles. The molecule has 3 N–H and O–H groups in total. The second-order valence-electron chi connectivity index (χ2n) is 6.86. The van der Waals surface area contributed by atoms with Crippen LogP contribution in [-0.2, 0) is 21.9 Å². The molecule has 0 saturated carbocycles. The van der Waals surface area contributed by atoms with E-state index in [1.807, 2.05) is 0 Å². The highest BCUT2D eigenvalue weighted by Crippen LogP contribution is 2.27. The standard InChI is InChI=1S/C18H20Cl2N4O4S/c1-23-10-15(9-16(23)17(21)25)29(27,28)24-4-2-11(3-5-24)18(26)22-14-7-12(19)6-13(20)8-14/h6-11H,2-5H2,1H3,(H2,21,25)(H,22,26). The Kier molecular flexibility index (Phi) is 6.23. The van der Waals surface area contributed by atoms with Gasteiger partial charge >= 0.3 is 0 Å². The number of aryl methyl sites for hydroxylation is 1. The fourth-order valence-electron chi connectivity index (χ4n) is 3.30. The number of carbonyl (C=O) groups is 2. The lowest BCUT2D eigenvalue weighted by Crippen LogP contribution is -2.41. The summed E-state index contributed by atoms with van der Waals surface area (Å²) in [6, 6.07) is 6.02. The van der Waals surface area contributed by atoms with Crippen molar-refractivity contribution in [2.75, 3.05) is 18.4 Å². The van der Waals surface area contributed by atoms with Gasteiger partial charge in [-0.3, -0.25) is 9.59 Å². The molecular formula is C18H20Cl2N4O4S. The van der Waals surface area contributed by atoms with Crippen molar-refractivity contribution in [2.45, 2.75) is 17.7 Å². The van der Waals surface area contributed by atoms with Gasteiger partial charge in [0.15, 0.2) is 0 Å². The Hall–Kier alpha value is -2.07. The predicted molar refractivity (Wildman–Crippen MR) is 111 cm³/mol. The van der Waals surface area contributed by atoms with Crippen LogP contribution in [-0.4, -0.2) is 42.2 Å². The Morgan fingerprint density at radius 1 is 1.10 bits per heavy atom. The van der Waals surface area contributed by atoms with Crippen molar-refractivity contribution in [3.05, 3.63) is 46.2 Å². The van der Waals surface area contributed by atoms with Gasteiger partial charge in [-0.2, -0.15) is 4.31 Å². The number of hydrogen-bond acceptors (Lipinski definition) is 4. The largest absolute Gasteiger partial charge is 0.364 e. The maximum atomic E-state index is 12.8. The number of carbonyl (C=O) groups excluding carboxylic acids is 2. The van der Waals surface area contributed by atoms with E-state index in [0.717, 1.165) is 0 Å². The van der Waals surface area contributed by atoms with Crippen LogP contribution in [0.15, 0.2) is 35.4 Å². The van der Waals surface area contributed by atoms with Crippen LogP contribution in [0.3, 0.4) is 0 Å². The third-order valence-corrected chi connectivity index (χ3v) is 7.13. The first-order valence-electron chi connectivity index (χ1n) is 8.81. The zero-order chi connectivity index (χ0) is 21.3. The number of primary amides is 1. The summed E-state index contributed by atoms with van der Waals surface area (Å²) in [7, 11) is -2.22. The second-order valence-corrected chi connectivity index (χ2v) is 9.67. The van der Waals surface area contributed by atoms with Crippen molar-refractivity contribution in [1.29, 1.82) is 0 Å². The minimum absolute atomic E-state index is 0.00488. The normalized spacial score (nSPS) is 16.0. The minimum Gasteiger partial charge on any atom is -0.364 e. The van der Waals surface area contributed by atoms with E-state index in [0.29, 0.717) is 28.6 Å². The van der Waals surface area contributed by atoms with Crippen molar-refractivity contribution >= 4 is 50.7 Å². The van der Waals surface area contributed by atoms with E-state index in [9.17, 15) is 18.0 Å². The van der Waals surface area contributed by atoms with Crippen molar-refractivity contribution in [2.24, 2.45) is 18.7 Å². The molecule has 2 aromatic rings. The van der Waals surface area contributed by atoms with E-state index in [1.54, 1.807) is 25.2 Å². The van der Waals surface area contributed by atoms with Crippen molar-refractivity contribution < 1.29 is 18.0 Å². The molecule has 8 nitrogen and oxygen atoms in total. The van der Waals surface area contributed by atoms with Crippen LogP contribution in [0.4, 0.5) is 5.69 Å². The van der Waals surface area contributed by atoms with Gasteiger partial charge in [0.25, 0.3) is 5.91 Å². The fourth-order valence-corrected chi connectivity index (χ4v) is 5.37.